The summed E-state index contributed by atoms with van der Waals surface area (Å²) in [7, 11) is 0. The van der Waals surface area contributed by atoms with E-state index in [4.69, 9.17) is 4.74 Å². The Kier molecular flexibility index (Phi) is 6.97. The highest BCUT2D eigenvalue weighted by atomic mass is 16.5. The number of nitrogens with zero attached hydrogens (tertiary/aromatic N) is 1. The Bertz CT molecular complexity index is 1270. The number of aromatic amines is 1. The zero-order valence-corrected chi connectivity index (χ0v) is 21.4. The molecular weight excluding hydrogens is 452 g/mol. The Labute approximate surface area is 212 Å². The molecule has 6 heteroatoms. The molecule has 1 unspecified atom stereocenters. The smallest absolute Gasteiger partial charge is 0.295 e. The molecule has 0 bridgehead atoms. The summed E-state index contributed by atoms with van der Waals surface area (Å²) in [5.41, 5.74) is 2.94. The number of hydrogen-bond acceptors (Lipinski definition) is 4. The van der Waals surface area contributed by atoms with E-state index >= 15 is 0 Å². The Hall–Kier alpha value is -3.93. The molecule has 1 amide bonds. The van der Waals surface area contributed by atoms with Gasteiger partial charge < -0.3 is 14.7 Å². The number of ketones is 1. The van der Waals surface area contributed by atoms with Gasteiger partial charge in [0.15, 0.2) is 12.4 Å². The van der Waals surface area contributed by atoms with E-state index < -0.39 is 23.5 Å². The van der Waals surface area contributed by atoms with Crippen LogP contribution in [0.15, 0.2) is 78.6 Å². The van der Waals surface area contributed by atoms with E-state index in [9.17, 15) is 14.7 Å². The number of pyridine rings is 1. The van der Waals surface area contributed by atoms with Crippen molar-refractivity contribution in [2.24, 2.45) is 0 Å². The molecule has 36 heavy (non-hydrogen) atoms. The maximum atomic E-state index is 13.7. The Morgan fingerprint density at radius 2 is 1.69 bits per heavy atom. The van der Waals surface area contributed by atoms with Gasteiger partial charge in [-0.1, -0.05) is 62.9 Å². The van der Waals surface area contributed by atoms with E-state index in [1.165, 1.54) is 4.90 Å². The van der Waals surface area contributed by atoms with Crippen LogP contribution in [0.3, 0.4) is 0 Å². The van der Waals surface area contributed by atoms with Gasteiger partial charge in [0.25, 0.3) is 5.91 Å². The molecule has 2 heterocycles. The quantitative estimate of drug-likeness (QED) is 0.301. The molecule has 0 radical (unpaired) electrons. The first-order chi connectivity index (χ1) is 17.1. The summed E-state index contributed by atoms with van der Waals surface area (Å²) in [5, 5.41) is 13.7. The van der Waals surface area contributed by atoms with Crippen LogP contribution in [-0.4, -0.2) is 22.7 Å². The molecule has 1 aliphatic rings. The second-order valence-corrected chi connectivity index (χ2v) is 10.4. The van der Waals surface area contributed by atoms with Crippen LogP contribution in [-0.2, 0) is 21.5 Å². The second kappa shape index (κ2) is 9.97. The van der Waals surface area contributed by atoms with Crippen LogP contribution in [0.5, 0.6) is 5.75 Å². The lowest BCUT2D eigenvalue weighted by atomic mass is 9.85. The molecule has 0 saturated carbocycles. The van der Waals surface area contributed by atoms with Crippen LogP contribution in [0.25, 0.3) is 5.76 Å². The summed E-state index contributed by atoms with van der Waals surface area (Å²) < 4.78 is 5.67. The number of amides is 1. The molecule has 1 N–H and O–H groups in total. The number of rotatable bonds is 6. The molecule has 3 aromatic rings. The SMILES string of the molecule is CC(C)Oc1ccc(C([O-])=C2C(=O)C(=O)N(Cc3ccc[nH+]c3)C2c2ccc(C(C)(C)C)cc2)cc1. The highest BCUT2D eigenvalue weighted by Gasteiger charge is 2.44. The van der Waals surface area contributed by atoms with Crippen LogP contribution in [0.4, 0.5) is 0 Å². The summed E-state index contributed by atoms with van der Waals surface area (Å²) in [5.74, 6) is -1.24. The minimum atomic E-state index is -0.779. The zero-order valence-electron chi connectivity index (χ0n) is 21.4. The van der Waals surface area contributed by atoms with Crippen molar-refractivity contribution in [3.63, 3.8) is 0 Å². The minimum Gasteiger partial charge on any atom is -0.872 e. The lowest BCUT2D eigenvalue weighted by Crippen LogP contribution is -2.29. The number of carbonyl (C=O) groups excluding carboxylic acids is 2. The number of aromatic nitrogens is 1. The topological polar surface area (TPSA) is 83.8 Å². The standard InChI is InChI=1S/C30H32N2O4/c1-19(2)36-24-14-10-22(11-15-24)27(33)25-26(21-8-12-23(13-9-21)30(3,4)5)32(29(35)28(25)34)18-20-7-6-16-31-17-20/h6-17,19,26,33H,18H2,1-5H3. The van der Waals surface area contributed by atoms with Gasteiger partial charge in [-0.15, -0.1) is 0 Å². The largest absolute Gasteiger partial charge is 0.872 e. The number of H-pyrrole nitrogens is 1. The van der Waals surface area contributed by atoms with Gasteiger partial charge in [0, 0.05) is 17.2 Å². The number of likely N-dealkylation sites (tertiary alicyclic amines) is 1. The predicted octanol–water partition coefficient (Wildman–Crippen LogP) is 4.01. The molecule has 186 valence electrons. The summed E-state index contributed by atoms with van der Waals surface area (Å²) in [4.78, 5) is 31.0. The fourth-order valence-electron chi connectivity index (χ4n) is 4.38. The fourth-order valence-corrected chi connectivity index (χ4v) is 4.38. The third-order valence-electron chi connectivity index (χ3n) is 6.23. The van der Waals surface area contributed by atoms with Crippen LogP contribution in [0.1, 0.15) is 62.9 Å². The first kappa shape index (κ1) is 25.2. The lowest BCUT2D eigenvalue weighted by molar-refractivity contribution is -0.378. The van der Waals surface area contributed by atoms with Crippen molar-refractivity contribution in [1.82, 2.24) is 4.90 Å². The Morgan fingerprint density at radius 3 is 2.25 bits per heavy atom. The van der Waals surface area contributed by atoms with E-state index in [1.807, 2.05) is 50.2 Å². The van der Waals surface area contributed by atoms with E-state index in [-0.39, 0.29) is 23.6 Å². The Balaban J connectivity index is 1.80. The first-order valence-electron chi connectivity index (χ1n) is 12.1. The van der Waals surface area contributed by atoms with Crippen molar-refractivity contribution >= 4 is 17.4 Å². The fraction of sp³-hybridized carbons (Fsp3) is 0.300. The molecule has 1 saturated heterocycles. The number of nitrogens with one attached hydrogen (secondary N) is 1. The number of hydrogen-bond donors (Lipinski definition) is 0. The highest BCUT2D eigenvalue weighted by molar-refractivity contribution is 6.46. The maximum absolute atomic E-state index is 13.7. The van der Waals surface area contributed by atoms with Crippen LogP contribution in [0.2, 0.25) is 0 Å². The molecule has 0 spiro atoms. The summed E-state index contributed by atoms with van der Waals surface area (Å²) >= 11 is 0. The second-order valence-electron chi connectivity index (χ2n) is 10.4. The molecule has 0 aliphatic carbocycles. The average molecular weight is 485 g/mol. The molecular formula is C30H32N2O4. The highest BCUT2D eigenvalue weighted by Crippen LogP contribution is 2.40. The zero-order chi connectivity index (χ0) is 26.0. The van der Waals surface area contributed by atoms with Crippen molar-refractivity contribution in [2.45, 2.75) is 58.7 Å². The van der Waals surface area contributed by atoms with Crippen molar-refractivity contribution in [2.75, 3.05) is 0 Å². The Morgan fingerprint density at radius 1 is 1.03 bits per heavy atom. The predicted molar refractivity (Wildman–Crippen MR) is 136 cm³/mol. The van der Waals surface area contributed by atoms with Gasteiger partial charge in [0.2, 0.25) is 5.78 Å². The molecule has 2 aromatic carbocycles. The third kappa shape index (κ3) is 5.18. The van der Waals surface area contributed by atoms with Crippen molar-refractivity contribution in [3.8, 4) is 5.75 Å². The number of Topliss-reactive ketones (excluding diaryl/α,β-unsaturated/α-hetero) is 1. The molecule has 1 atom stereocenters. The number of ether oxygens (including phenoxy) is 1. The third-order valence-corrected chi connectivity index (χ3v) is 6.23. The van der Waals surface area contributed by atoms with Crippen molar-refractivity contribution in [1.29, 1.82) is 0 Å². The van der Waals surface area contributed by atoms with E-state index in [0.29, 0.717) is 11.3 Å². The van der Waals surface area contributed by atoms with Gasteiger partial charge in [-0.25, -0.2) is 4.98 Å². The normalized spacial score (nSPS) is 17.6. The van der Waals surface area contributed by atoms with Crippen molar-refractivity contribution < 1.29 is 24.4 Å². The van der Waals surface area contributed by atoms with Gasteiger partial charge in [0.1, 0.15) is 5.75 Å². The van der Waals surface area contributed by atoms with Crippen LogP contribution in [0, 0.1) is 0 Å². The van der Waals surface area contributed by atoms with Crippen molar-refractivity contribution in [3.05, 3.63) is 101 Å². The van der Waals surface area contributed by atoms with Crippen LogP contribution >= 0.6 is 0 Å². The van der Waals surface area contributed by atoms with Gasteiger partial charge >= 0.3 is 0 Å². The summed E-state index contributed by atoms with van der Waals surface area (Å²) in [6.45, 7) is 10.4. The maximum Gasteiger partial charge on any atom is 0.295 e. The number of carbonyl (C=O) groups is 2. The molecule has 4 rings (SSSR count). The van der Waals surface area contributed by atoms with Gasteiger partial charge in [0.05, 0.1) is 18.7 Å². The molecule has 1 aliphatic heterocycles. The van der Waals surface area contributed by atoms with E-state index in [0.717, 1.165) is 16.7 Å². The first-order valence-corrected chi connectivity index (χ1v) is 12.1. The molecule has 1 fully saturated rings. The number of benzene rings is 2. The summed E-state index contributed by atoms with van der Waals surface area (Å²) in [6, 6.07) is 17.4. The average Bonchev–Trinajstić information content (AvgIpc) is 3.09. The van der Waals surface area contributed by atoms with Gasteiger partial charge in [-0.2, -0.15) is 0 Å². The molecule has 1 aromatic heterocycles. The van der Waals surface area contributed by atoms with E-state index in [1.54, 1.807) is 36.7 Å². The lowest BCUT2D eigenvalue weighted by Gasteiger charge is -2.28. The van der Waals surface area contributed by atoms with Gasteiger partial charge in [-0.3, -0.25) is 9.59 Å². The van der Waals surface area contributed by atoms with Gasteiger partial charge in [-0.05, 0) is 54.2 Å². The monoisotopic (exact) mass is 484 g/mol. The summed E-state index contributed by atoms with van der Waals surface area (Å²) in [6.07, 6.45) is 3.56. The minimum absolute atomic E-state index is 0.000743. The van der Waals surface area contributed by atoms with E-state index in [2.05, 4.69) is 25.8 Å². The van der Waals surface area contributed by atoms with Crippen LogP contribution < -0.4 is 14.8 Å². The molecule has 6 nitrogen and oxygen atoms in total.